The second-order valence-corrected chi connectivity index (χ2v) is 13.1. The van der Waals surface area contributed by atoms with E-state index in [0.29, 0.717) is 27.6 Å². The van der Waals surface area contributed by atoms with Gasteiger partial charge in [-0.3, -0.25) is 4.72 Å². The number of nitrogens with zero attached hydrogens (tertiary/aromatic N) is 6. The number of nitrogens with one attached hydrogen (secondary N) is 1. The second kappa shape index (κ2) is 8.90. The summed E-state index contributed by atoms with van der Waals surface area (Å²) in [5.74, 6) is -2.60. The average Bonchev–Trinajstić information content (AvgIpc) is 3.23. The lowest BCUT2D eigenvalue weighted by Crippen LogP contribution is -2.39. The molecular weight excluding hydrogens is 520 g/mol. The van der Waals surface area contributed by atoms with E-state index in [1.54, 1.807) is 16.9 Å². The normalized spacial score (nSPS) is 20.8. The first-order chi connectivity index (χ1) is 17.6. The number of benzene rings is 1. The number of aromatic nitrogens is 4. The molecule has 0 bridgehead atoms. The third-order valence-electron chi connectivity index (χ3n) is 7.66. The third kappa shape index (κ3) is 5.28. The maximum Gasteiger partial charge on any atom is 0.251 e. The number of alkyl halides is 2. The summed E-state index contributed by atoms with van der Waals surface area (Å²) in [5.41, 5.74) is 3.95. The summed E-state index contributed by atoms with van der Waals surface area (Å²) in [6, 6.07) is 5.43. The number of halogens is 2. The van der Waals surface area contributed by atoms with Crippen LogP contribution in [0.25, 0.3) is 17.1 Å². The molecule has 6 rings (SSSR count). The number of sulfonamides is 1. The smallest absolute Gasteiger partial charge is 0.251 e. The highest BCUT2D eigenvalue weighted by atomic mass is 32.2. The van der Waals surface area contributed by atoms with E-state index in [1.807, 2.05) is 22.4 Å². The second-order valence-electron chi connectivity index (χ2n) is 10.5. The first-order valence-electron chi connectivity index (χ1n) is 12.5. The molecule has 37 heavy (non-hydrogen) atoms. The lowest BCUT2D eigenvalue weighted by molar-refractivity contribution is -0.0220. The molecular formula is C24H29F2N7O2S2. The highest BCUT2D eigenvalue weighted by molar-refractivity contribution is 7.92. The van der Waals surface area contributed by atoms with Gasteiger partial charge in [0.05, 0.1) is 29.5 Å². The molecule has 3 aromatic rings. The van der Waals surface area contributed by atoms with Gasteiger partial charge in [-0.1, -0.05) is 5.21 Å². The highest BCUT2D eigenvalue weighted by Crippen LogP contribution is 2.54. The Balaban J connectivity index is 1.26. The van der Waals surface area contributed by atoms with Crippen LogP contribution in [0.3, 0.4) is 0 Å². The molecule has 3 fully saturated rings. The van der Waals surface area contributed by atoms with Crippen molar-refractivity contribution in [2.24, 2.45) is 5.41 Å². The molecule has 2 saturated heterocycles. The molecule has 4 heterocycles. The number of hydrogen-bond acceptors (Lipinski definition) is 8. The Morgan fingerprint density at radius 2 is 1.65 bits per heavy atom. The zero-order valence-corrected chi connectivity index (χ0v) is 22.2. The van der Waals surface area contributed by atoms with Crippen molar-refractivity contribution in [3.63, 3.8) is 0 Å². The van der Waals surface area contributed by atoms with Gasteiger partial charge in [0.2, 0.25) is 10.0 Å². The molecule has 2 aliphatic heterocycles. The van der Waals surface area contributed by atoms with Gasteiger partial charge in [0, 0.05) is 44.4 Å². The fourth-order valence-corrected chi connectivity index (χ4v) is 6.63. The monoisotopic (exact) mass is 549 g/mol. The zero-order chi connectivity index (χ0) is 25.8. The van der Waals surface area contributed by atoms with Gasteiger partial charge in [-0.15, -0.1) is 16.4 Å². The van der Waals surface area contributed by atoms with Crippen LogP contribution in [0.1, 0.15) is 38.5 Å². The van der Waals surface area contributed by atoms with Crippen molar-refractivity contribution < 1.29 is 17.2 Å². The molecule has 1 aromatic carbocycles. The summed E-state index contributed by atoms with van der Waals surface area (Å²) in [6.45, 7) is 2.37. The van der Waals surface area contributed by atoms with E-state index in [-0.39, 0.29) is 25.9 Å². The van der Waals surface area contributed by atoms with Gasteiger partial charge in [0.25, 0.3) is 5.92 Å². The Bertz CT molecular complexity index is 1400. The van der Waals surface area contributed by atoms with Crippen molar-refractivity contribution >= 4 is 37.9 Å². The predicted molar refractivity (Wildman–Crippen MR) is 140 cm³/mol. The Hall–Kier alpha value is -2.80. The molecule has 1 saturated carbocycles. The number of piperidine rings is 2. The standard InChI is InChI=1S/C24H29F2N7O2S2/c1-37(34,35)29-17-2-3-20(21(14-17)31-10-6-23(4-5-23)7-11-31)33-15-18(28-30-33)19-16-36-22(27-19)32-12-8-24(25,26)9-13-32/h2-3,14-16,29H,4-13H2,1H3. The van der Waals surface area contributed by atoms with E-state index < -0.39 is 15.9 Å². The van der Waals surface area contributed by atoms with Gasteiger partial charge in [0.1, 0.15) is 11.4 Å². The van der Waals surface area contributed by atoms with Gasteiger partial charge >= 0.3 is 0 Å². The minimum atomic E-state index is -3.41. The average molecular weight is 550 g/mol. The highest BCUT2D eigenvalue weighted by Gasteiger charge is 2.44. The fourth-order valence-electron chi connectivity index (χ4n) is 5.20. The third-order valence-corrected chi connectivity index (χ3v) is 9.17. The van der Waals surface area contributed by atoms with Crippen molar-refractivity contribution in [3.8, 4) is 17.1 Å². The van der Waals surface area contributed by atoms with Crippen LogP contribution in [0.5, 0.6) is 0 Å². The Morgan fingerprint density at radius 3 is 2.32 bits per heavy atom. The van der Waals surface area contributed by atoms with Crippen LogP contribution in [0.4, 0.5) is 25.3 Å². The molecule has 0 atom stereocenters. The summed E-state index contributed by atoms with van der Waals surface area (Å²) in [6.07, 6.45) is 7.46. The van der Waals surface area contributed by atoms with Crippen LogP contribution in [0.2, 0.25) is 0 Å². The van der Waals surface area contributed by atoms with Crippen LogP contribution in [-0.2, 0) is 10.0 Å². The van der Waals surface area contributed by atoms with Crippen LogP contribution < -0.4 is 14.5 Å². The van der Waals surface area contributed by atoms with E-state index in [1.165, 1.54) is 24.2 Å². The summed E-state index contributed by atoms with van der Waals surface area (Å²) >= 11 is 1.41. The summed E-state index contributed by atoms with van der Waals surface area (Å²) < 4.78 is 55.0. The lowest BCUT2D eigenvalue weighted by Gasteiger charge is -2.35. The largest absolute Gasteiger partial charge is 0.370 e. The molecule has 9 nitrogen and oxygen atoms in total. The van der Waals surface area contributed by atoms with Crippen LogP contribution in [-0.4, -0.2) is 66.8 Å². The topological polar surface area (TPSA) is 96.2 Å². The predicted octanol–water partition coefficient (Wildman–Crippen LogP) is 4.38. The van der Waals surface area contributed by atoms with Gasteiger partial charge < -0.3 is 9.80 Å². The van der Waals surface area contributed by atoms with Crippen molar-refractivity contribution in [1.29, 1.82) is 0 Å². The van der Waals surface area contributed by atoms with Gasteiger partial charge in [-0.05, 0) is 49.3 Å². The Morgan fingerprint density at radius 1 is 0.946 bits per heavy atom. The molecule has 198 valence electrons. The first kappa shape index (κ1) is 24.5. The molecule has 0 radical (unpaired) electrons. The fraction of sp³-hybridized carbons (Fsp3) is 0.542. The molecule has 0 amide bonds. The van der Waals surface area contributed by atoms with E-state index in [4.69, 9.17) is 0 Å². The van der Waals surface area contributed by atoms with Gasteiger partial charge in [-0.2, -0.15) is 0 Å². The molecule has 1 N–H and O–H groups in total. The number of rotatable bonds is 6. The van der Waals surface area contributed by atoms with E-state index >= 15 is 0 Å². The number of thiazole rings is 1. The van der Waals surface area contributed by atoms with Crippen molar-refractivity contribution in [3.05, 3.63) is 29.8 Å². The molecule has 3 aliphatic rings. The molecule has 1 spiro atoms. The van der Waals surface area contributed by atoms with Gasteiger partial charge in [0.15, 0.2) is 5.13 Å². The van der Waals surface area contributed by atoms with E-state index in [0.717, 1.165) is 43.6 Å². The SMILES string of the molecule is CS(=O)(=O)Nc1ccc(-n2cc(-c3csc(N4CCC(F)(F)CC4)n3)nn2)c(N2CCC3(CC2)CC3)c1. The lowest BCUT2D eigenvalue weighted by atomic mass is 9.93. The Labute approximate surface area is 218 Å². The minimum absolute atomic E-state index is 0.164. The summed E-state index contributed by atoms with van der Waals surface area (Å²) in [7, 11) is -3.41. The zero-order valence-electron chi connectivity index (χ0n) is 20.5. The number of hydrogen-bond donors (Lipinski definition) is 1. The minimum Gasteiger partial charge on any atom is -0.370 e. The maximum atomic E-state index is 13.5. The molecule has 0 unspecified atom stereocenters. The quantitative estimate of drug-likeness (QED) is 0.488. The van der Waals surface area contributed by atoms with Crippen molar-refractivity contribution in [1.82, 2.24) is 20.0 Å². The van der Waals surface area contributed by atoms with E-state index in [2.05, 4.69) is 24.9 Å². The van der Waals surface area contributed by atoms with Crippen molar-refractivity contribution in [2.45, 2.75) is 44.4 Å². The van der Waals surface area contributed by atoms with Crippen LogP contribution in [0, 0.1) is 5.41 Å². The van der Waals surface area contributed by atoms with E-state index in [9.17, 15) is 17.2 Å². The maximum absolute atomic E-state index is 13.5. The molecule has 13 heteroatoms. The molecule has 2 aromatic heterocycles. The van der Waals surface area contributed by atoms with Gasteiger partial charge in [-0.25, -0.2) is 26.9 Å². The van der Waals surface area contributed by atoms with Crippen molar-refractivity contribution in [2.75, 3.05) is 47.0 Å². The van der Waals surface area contributed by atoms with Crippen LogP contribution >= 0.6 is 11.3 Å². The summed E-state index contributed by atoms with van der Waals surface area (Å²) in [4.78, 5) is 8.83. The Kier molecular flexibility index (Phi) is 5.90. The molecule has 1 aliphatic carbocycles. The van der Waals surface area contributed by atoms with Crippen LogP contribution in [0.15, 0.2) is 29.8 Å². The number of anilines is 3. The first-order valence-corrected chi connectivity index (χ1v) is 15.2. The summed E-state index contributed by atoms with van der Waals surface area (Å²) in [5, 5.41) is 11.3.